The van der Waals surface area contributed by atoms with Crippen molar-refractivity contribution in [1.82, 2.24) is 20.0 Å². The number of hydrogen-bond donors (Lipinski definition) is 2. The molecule has 3 N–H and O–H groups in total. The Morgan fingerprint density at radius 1 is 1.46 bits per heavy atom. The molecule has 0 amide bonds. The topological polar surface area (TPSA) is 116 Å². The zero-order valence-electron chi connectivity index (χ0n) is 13.8. The maximum absolute atomic E-state index is 11.0. The Kier molecular flexibility index (Phi) is 4.48. The van der Waals surface area contributed by atoms with Crippen LogP contribution in [0.15, 0.2) is 12.1 Å². The van der Waals surface area contributed by atoms with E-state index in [2.05, 4.69) is 15.3 Å². The number of carboxylic acids is 1. The first-order valence-electron chi connectivity index (χ1n) is 7.93. The van der Waals surface area contributed by atoms with Gasteiger partial charge in [0.2, 0.25) is 0 Å². The summed E-state index contributed by atoms with van der Waals surface area (Å²) in [7, 11) is 1.79. The number of ether oxygens (including phenoxy) is 1. The van der Waals surface area contributed by atoms with Gasteiger partial charge in [0, 0.05) is 19.5 Å². The maximum Gasteiger partial charge on any atom is 0.306 e. The number of aromatic nitrogens is 4. The number of nitrogens with zero attached hydrogens (tertiary/aromatic N) is 4. The van der Waals surface area contributed by atoms with Crippen molar-refractivity contribution in [2.75, 3.05) is 6.61 Å². The van der Waals surface area contributed by atoms with Crippen molar-refractivity contribution in [3.05, 3.63) is 23.5 Å². The summed E-state index contributed by atoms with van der Waals surface area (Å²) in [6.07, 6.45) is 1.62. The summed E-state index contributed by atoms with van der Waals surface area (Å²) in [5, 5.41) is 17.2. The molecule has 1 fully saturated rings. The normalized spacial score (nSPS) is 19.8. The van der Waals surface area contributed by atoms with Crippen molar-refractivity contribution in [1.29, 1.82) is 0 Å². The molecule has 2 unspecified atom stereocenters. The number of pyridine rings is 1. The number of carbonyl (C=O) groups is 1. The van der Waals surface area contributed by atoms with E-state index in [0.717, 1.165) is 24.2 Å². The lowest BCUT2D eigenvalue weighted by Gasteiger charge is -2.33. The van der Waals surface area contributed by atoms with Crippen LogP contribution in [0, 0.1) is 18.8 Å². The van der Waals surface area contributed by atoms with E-state index >= 15 is 0 Å². The van der Waals surface area contributed by atoms with Gasteiger partial charge in [-0.3, -0.25) is 9.48 Å². The molecule has 8 nitrogen and oxygen atoms in total. The molecule has 2 heterocycles. The summed E-state index contributed by atoms with van der Waals surface area (Å²) in [5.41, 5.74) is 8.64. The van der Waals surface area contributed by atoms with Crippen LogP contribution in [0.4, 0.5) is 0 Å². The third-order valence-electron chi connectivity index (χ3n) is 4.60. The molecule has 0 radical (unpaired) electrons. The highest BCUT2D eigenvalue weighted by Gasteiger charge is 2.37. The summed E-state index contributed by atoms with van der Waals surface area (Å²) in [6.45, 7) is 2.58. The van der Waals surface area contributed by atoms with E-state index in [4.69, 9.17) is 15.6 Å². The second-order valence-corrected chi connectivity index (χ2v) is 6.09. The zero-order chi connectivity index (χ0) is 17.3. The third-order valence-corrected chi connectivity index (χ3v) is 4.60. The molecule has 2 aromatic rings. The van der Waals surface area contributed by atoms with Crippen molar-refractivity contribution in [3.63, 3.8) is 0 Å². The molecule has 2 aromatic heterocycles. The maximum atomic E-state index is 11.0. The molecule has 1 saturated carbocycles. The van der Waals surface area contributed by atoms with Crippen molar-refractivity contribution >= 4 is 5.97 Å². The number of aliphatic carboxylic acids is 1. The van der Waals surface area contributed by atoms with Gasteiger partial charge in [-0.1, -0.05) is 5.21 Å². The number of hydrogen-bond acceptors (Lipinski definition) is 6. The van der Waals surface area contributed by atoms with Crippen LogP contribution >= 0.6 is 0 Å². The van der Waals surface area contributed by atoms with Gasteiger partial charge in [0.05, 0.1) is 29.6 Å². The molecular formula is C16H21N5O3. The Hall–Kier alpha value is -2.48. The molecule has 0 spiro atoms. The second kappa shape index (κ2) is 6.56. The quantitative estimate of drug-likeness (QED) is 0.815. The minimum absolute atomic E-state index is 0.0745. The van der Waals surface area contributed by atoms with E-state index < -0.39 is 5.97 Å². The minimum Gasteiger partial charge on any atom is -0.491 e. The number of aryl methyl sites for hydroxylation is 2. The predicted molar refractivity (Wildman–Crippen MR) is 86.2 cm³/mol. The molecule has 3 rings (SSSR count). The van der Waals surface area contributed by atoms with E-state index in [1.807, 2.05) is 19.1 Å². The summed E-state index contributed by atoms with van der Waals surface area (Å²) in [5.74, 6) is -0.292. The van der Waals surface area contributed by atoms with Crippen molar-refractivity contribution in [3.8, 4) is 17.1 Å². The van der Waals surface area contributed by atoms with Crippen LogP contribution in [0.25, 0.3) is 11.4 Å². The second-order valence-electron chi connectivity index (χ2n) is 6.09. The first-order valence-corrected chi connectivity index (χ1v) is 7.93. The van der Waals surface area contributed by atoms with Gasteiger partial charge < -0.3 is 15.6 Å². The molecule has 0 aromatic carbocycles. The summed E-state index contributed by atoms with van der Waals surface area (Å²) in [6, 6.07) is 3.65. The Morgan fingerprint density at radius 2 is 2.25 bits per heavy atom. The van der Waals surface area contributed by atoms with E-state index in [1.165, 1.54) is 0 Å². The lowest BCUT2D eigenvalue weighted by molar-refractivity contribution is -0.148. The Labute approximate surface area is 139 Å². The van der Waals surface area contributed by atoms with Crippen LogP contribution in [0.1, 0.15) is 24.2 Å². The fourth-order valence-corrected chi connectivity index (χ4v) is 2.93. The van der Waals surface area contributed by atoms with Crippen LogP contribution in [0.3, 0.4) is 0 Å². The van der Waals surface area contributed by atoms with Gasteiger partial charge in [0.25, 0.3) is 0 Å². The SMILES string of the molecule is Cc1nc(-c2nnn(C)c2CN)ccc1OCC1CCC1C(=O)O. The van der Waals surface area contributed by atoms with Gasteiger partial charge >= 0.3 is 5.97 Å². The smallest absolute Gasteiger partial charge is 0.306 e. The van der Waals surface area contributed by atoms with Gasteiger partial charge in [-0.2, -0.15) is 0 Å². The molecule has 1 aliphatic rings. The van der Waals surface area contributed by atoms with Crippen LogP contribution in [-0.4, -0.2) is 37.7 Å². The first-order chi connectivity index (χ1) is 11.5. The van der Waals surface area contributed by atoms with Crippen LogP contribution in [0.5, 0.6) is 5.75 Å². The molecule has 0 saturated heterocycles. The Morgan fingerprint density at radius 3 is 2.83 bits per heavy atom. The van der Waals surface area contributed by atoms with Gasteiger partial charge in [-0.25, -0.2) is 4.98 Å². The monoisotopic (exact) mass is 331 g/mol. The highest BCUT2D eigenvalue weighted by atomic mass is 16.5. The average molecular weight is 331 g/mol. The highest BCUT2D eigenvalue weighted by Crippen LogP contribution is 2.35. The van der Waals surface area contributed by atoms with E-state index in [1.54, 1.807) is 11.7 Å². The standard InChI is InChI=1S/C16H21N5O3/c1-9-14(24-8-10-3-4-11(10)16(22)23)6-5-12(18-9)15-13(7-17)21(2)20-19-15/h5-6,10-11H,3-4,7-8,17H2,1-2H3,(H,22,23). The summed E-state index contributed by atoms with van der Waals surface area (Å²) < 4.78 is 7.42. The van der Waals surface area contributed by atoms with Crippen molar-refractivity contribution < 1.29 is 14.6 Å². The zero-order valence-corrected chi connectivity index (χ0v) is 13.8. The first kappa shape index (κ1) is 16.4. The molecular weight excluding hydrogens is 310 g/mol. The largest absolute Gasteiger partial charge is 0.491 e. The Balaban J connectivity index is 1.72. The van der Waals surface area contributed by atoms with E-state index in [9.17, 15) is 4.79 Å². The molecule has 0 bridgehead atoms. The van der Waals surface area contributed by atoms with Gasteiger partial charge in [0.15, 0.2) is 0 Å². The van der Waals surface area contributed by atoms with Crippen molar-refractivity contribution in [2.24, 2.45) is 24.6 Å². The number of nitrogens with two attached hydrogens (primary N) is 1. The summed E-state index contributed by atoms with van der Waals surface area (Å²) >= 11 is 0. The van der Waals surface area contributed by atoms with Crippen LogP contribution < -0.4 is 10.5 Å². The number of carboxylic acid groups (broad SMARTS) is 1. The highest BCUT2D eigenvalue weighted by molar-refractivity contribution is 5.71. The van der Waals surface area contributed by atoms with E-state index in [0.29, 0.717) is 30.3 Å². The molecule has 24 heavy (non-hydrogen) atoms. The lowest BCUT2D eigenvalue weighted by Crippen LogP contribution is -2.36. The van der Waals surface area contributed by atoms with E-state index in [-0.39, 0.29) is 11.8 Å². The minimum atomic E-state index is -0.739. The Bertz CT molecular complexity index is 758. The molecule has 0 aliphatic heterocycles. The number of rotatable bonds is 6. The third kappa shape index (κ3) is 2.96. The fraction of sp³-hybridized carbons (Fsp3) is 0.500. The van der Waals surface area contributed by atoms with Crippen molar-refractivity contribution in [2.45, 2.75) is 26.3 Å². The molecule has 1 aliphatic carbocycles. The fourth-order valence-electron chi connectivity index (χ4n) is 2.93. The van der Waals surface area contributed by atoms with Gasteiger partial charge in [-0.15, -0.1) is 5.10 Å². The van der Waals surface area contributed by atoms with Gasteiger partial charge in [-0.05, 0) is 31.9 Å². The predicted octanol–water partition coefficient (Wildman–Crippen LogP) is 1.13. The van der Waals surface area contributed by atoms with Crippen LogP contribution in [-0.2, 0) is 18.4 Å². The van der Waals surface area contributed by atoms with Crippen LogP contribution in [0.2, 0.25) is 0 Å². The molecule has 8 heteroatoms. The summed E-state index contributed by atoms with van der Waals surface area (Å²) in [4.78, 5) is 15.6. The average Bonchev–Trinajstić information content (AvgIpc) is 2.88. The molecule has 128 valence electrons. The molecule has 2 atom stereocenters. The van der Waals surface area contributed by atoms with Gasteiger partial charge in [0.1, 0.15) is 11.4 Å². The lowest BCUT2D eigenvalue weighted by atomic mass is 9.74.